The molecule has 4 rings (SSSR count). The maximum absolute atomic E-state index is 2.68. The fourth-order valence-electron chi connectivity index (χ4n) is 4.26. The second-order valence-corrected chi connectivity index (χ2v) is 7.89. The predicted molar refractivity (Wildman–Crippen MR) is 117 cm³/mol. The van der Waals surface area contributed by atoms with Crippen molar-refractivity contribution >= 4 is 0 Å². The lowest BCUT2D eigenvalue weighted by Gasteiger charge is -2.39. The Kier molecular flexibility index (Phi) is 6.54. The summed E-state index contributed by atoms with van der Waals surface area (Å²) in [5.41, 5.74) is 4.22. The summed E-state index contributed by atoms with van der Waals surface area (Å²) in [6, 6.07) is 33.3. The minimum absolute atomic E-state index is 0.595. The van der Waals surface area contributed by atoms with Gasteiger partial charge in [0, 0.05) is 32.2 Å². The standard InChI is InChI=1S/C26H30N2/c1-4-11-23(12-5-1)19-27-18-10-17-26(22-27)28(20-24-13-6-2-7-14-24)21-25-15-8-3-9-16-25/h1-9,11-16,26H,10,17-22H2/t26-/m0/s1. The molecule has 0 saturated carbocycles. The molecule has 1 aliphatic rings. The fourth-order valence-corrected chi connectivity index (χ4v) is 4.26. The second kappa shape index (κ2) is 9.68. The monoisotopic (exact) mass is 370 g/mol. The Labute approximate surface area is 169 Å². The summed E-state index contributed by atoms with van der Waals surface area (Å²) in [7, 11) is 0. The molecule has 2 nitrogen and oxygen atoms in total. The maximum Gasteiger partial charge on any atom is 0.0240 e. The number of nitrogens with zero attached hydrogens (tertiary/aromatic N) is 2. The lowest BCUT2D eigenvalue weighted by Crippen LogP contribution is -2.47. The fraction of sp³-hybridized carbons (Fsp3) is 0.308. The van der Waals surface area contributed by atoms with E-state index < -0.39 is 0 Å². The van der Waals surface area contributed by atoms with E-state index in [0.717, 1.165) is 26.2 Å². The van der Waals surface area contributed by atoms with Gasteiger partial charge in [-0.05, 0) is 36.1 Å². The highest BCUT2D eigenvalue weighted by atomic mass is 15.2. The lowest BCUT2D eigenvalue weighted by molar-refractivity contribution is 0.0822. The van der Waals surface area contributed by atoms with Crippen molar-refractivity contribution in [2.24, 2.45) is 0 Å². The van der Waals surface area contributed by atoms with E-state index in [1.165, 1.54) is 36.1 Å². The van der Waals surface area contributed by atoms with Crippen LogP contribution in [0.1, 0.15) is 29.5 Å². The van der Waals surface area contributed by atoms with Crippen LogP contribution in [0.15, 0.2) is 91.0 Å². The van der Waals surface area contributed by atoms with Crippen molar-refractivity contribution in [3.05, 3.63) is 108 Å². The Morgan fingerprint density at radius 3 is 1.71 bits per heavy atom. The third-order valence-corrected chi connectivity index (χ3v) is 5.70. The summed E-state index contributed by atoms with van der Waals surface area (Å²) in [5.74, 6) is 0. The van der Waals surface area contributed by atoms with Crippen LogP contribution >= 0.6 is 0 Å². The van der Waals surface area contributed by atoms with Gasteiger partial charge in [-0.3, -0.25) is 9.80 Å². The van der Waals surface area contributed by atoms with Gasteiger partial charge in [0.2, 0.25) is 0 Å². The molecule has 1 atom stereocenters. The van der Waals surface area contributed by atoms with E-state index in [4.69, 9.17) is 0 Å². The number of hydrogen-bond acceptors (Lipinski definition) is 2. The smallest absolute Gasteiger partial charge is 0.0240 e. The molecule has 0 bridgehead atoms. The topological polar surface area (TPSA) is 6.48 Å². The molecule has 2 heteroatoms. The zero-order valence-electron chi connectivity index (χ0n) is 16.6. The molecule has 3 aromatic carbocycles. The van der Waals surface area contributed by atoms with Crippen LogP contribution in [0.2, 0.25) is 0 Å². The second-order valence-electron chi connectivity index (χ2n) is 7.89. The molecule has 1 fully saturated rings. The van der Waals surface area contributed by atoms with E-state index in [0.29, 0.717) is 6.04 Å². The first kappa shape index (κ1) is 18.9. The van der Waals surface area contributed by atoms with Crippen molar-refractivity contribution in [2.75, 3.05) is 13.1 Å². The molecular formula is C26H30N2. The van der Waals surface area contributed by atoms with Crippen molar-refractivity contribution in [3.8, 4) is 0 Å². The van der Waals surface area contributed by atoms with Gasteiger partial charge in [-0.25, -0.2) is 0 Å². The third kappa shape index (κ3) is 5.31. The Bertz CT molecular complexity index is 775. The maximum atomic E-state index is 2.68. The normalized spacial score (nSPS) is 17.7. The molecule has 1 saturated heterocycles. The van der Waals surface area contributed by atoms with Crippen LogP contribution in [0.3, 0.4) is 0 Å². The number of likely N-dealkylation sites (tertiary alicyclic amines) is 1. The summed E-state index contributed by atoms with van der Waals surface area (Å²) in [6.07, 6.45) is 2.56. The molecule has 3 aromatic rings. The van der Waals surface area contributed by atoms with Gasteiger partial charge in [-0.15, -0.1) is 0 Å². The molecular weight excluding hydrogens is 340 g/mol. The molecule has 0 amide bonds. The third-order valence-electron chi connectivity index (χ3n) is 5.70. The Morgan fingerprint density at radius 2 is 1.18 bits per heavy atom. The van der Waals surface area contributed by atoms with E-state index in [1.807, 2.05) is 0 Å². The van der Waals surface area contributed by atoms with Gasteiger partial charge < -0.3 is 0 Å². The molecule has 0 aliphatic carbocycles. The lowest BCUT2D eigenvalue weighted by atomic mass is 10.0. The minimum atomic E-state index is 0.595. The Hall–Kier alpha value is -2.42. The summed E-state index contributed by atoms with van der Waals surface area (Å²) in [5, 5.41) is 0. The van der Waals surface area contributed by atoms with Crippen LogP contribution in [-0.4, -0.2) is 28.9 Å². The van der Waals surface area contributed by atoms with Crippen molar-refractivity contribution in [1.29, 1.82) is 0 Å². The number of piperidine rings is 1. The molecule has 1 heterocycles. The van der Waals surface area contributed by atoms with Gasteiger partial charge in [-0.1, -0.05) is 91.0 Å². The summed E-state index contributed by atoms with van der Waals surface area (Å²) >= 11 is 0. The highest BCUT2D eigenvalue weighted by Gasteiger charge is 2.25. The SMILES string of the molecule is c1ccc(CN2CCC[C@H](N(Cc3ccccc3)Cc3ccccc3)C2)cc1. The first-order valence-electron chi connectivity index (χ1n) is 10.4. The quantitative estimate of drug-likeness (QED) is 0.553. The van der Waals surface area contributed by atoms with Gasteiger partial charge in [0.1, 0.15) is 0 Å². The Balaban J connectivity index is 1.47. The molecule has 0 aromatic heterocycles. The highest BCUT2D eigenvalue weighted by molar-refractivity contribution is 5.18. The van der Waals surface area contributed by atoms with Gasteiger partial charge in [-0.2, -0.15) is 0 Å². The van der Waals surface area contributed by atoms with Crippen LogP contribution in [0.25, 0.3) is 0 Å². The number of benzene rings is 3. The molecule has 1 aliphatic heterocycles. The minimum Gasteiger partial charge on any atom is -0.298 e. The molecule has 144 valence electrons. The summed E-state index contributed by atoms with van der Waals surface area (Å²) in [6.45, 7) is 5.44. The van der Waals surface area contributed by atoms with E-state index in [9.17, 15) is 0 Å². The molecule has 28 heavy (non-hydrogen) atoms. The van der Waals surface area contributed by atoms with E-state index in [1.54, 1.807) is 0 Å². The molecule has 0 radical (unpaired) electrons. The average molecular weight is 371 g/mol. The van der Waals surface area contributed by atoms with Crippen molar-refractivity contribution in [3.63, 3.8) is 0 Å². The van der Waals surface area contributed by atoms with Crippen LogP contribution < -0.4 is 0 Å². The first-order valence-corrected chi connectivity index (χ1v) is 10.4. The number of hydrogen-bond donors (Lipinski definition) is 0. The zero-order chi connectivity index (χ0) is 19.0. The van der Waals surface area contributed by atoms with Gasteiger partial charge >= 0.3 is 0 Å². The van der Waals surface area contributed by atoms with Crippen molar-refractivity contribution in [1.82, 2.24) is 9.80 Å². The first-order chi connectivity index (χ1) is 13.9. The van der Waals surface area contributed by atoms with Crippen LogP contribution in [-0.2, 0) is 19.6 Å². The number of rotatable bonds is 7. The van der Waals surface area contributed by atoms with Crippen LogP contribution in [0.4, 0.5) is 0 Å². The molecule has 0 unspecified atom stereocenters. The van der Waals surface area contributed by atoms with Gasteiger partial charge in [0.15, 0.2) is 0 Å². The van der Waals surface area contributed by atoms with Crippen LogP contribution in [0, 0.1) is 0 Å². The van der Waals surface area contributed by atoms with Gasteiger partial charge in [0.05, 0.1) is 0 Å². The van der Waals surface area contributed by atoms with Crippen molar-refractivity contribution < 1.29 is 0 Å². The van der Waals surface area contributed by atoms with Crippen LogP contribution in [0.5, 0.6) is 0 Å². The highest BCUT2D eigenvalue weighted by Crippen LogP contribution is 2.22. The van der Waals surface area contributed by atoms with Crippen molar-refractivity contribution in [2.45, 2.75) is 38.5 Å². The predicted octanol–water partition coefficient (Wildman–Crippen LogP) is 5.35. The molecule has 0 N–H and O–H groups in total. The van der Waals surface area contributed by atoms with Gasteiger partial charge in [0.25, 0.3) is 0 Å². The largest absolute Gasteiger partial charge is 0.298 e. The van der Waals surface area contributed by atoms with E-state index >= 15 is 0 Å². The summed E-state index contributed by atoms with van der Waals surface area (Å²) in [4.78, 5) is 5.31. The molecule has 0 spiro atoms. The average Bonchev–Trinajstić information content (AvgIpc) is 2.76. The van der Waals surface area contributed by atoms with E-state index in [-0.39, 0.29) is 0 Å². The van der Waals surface area contributed by atoms with E-state index in [2.05, 4.69) is 101 Å². The zero-order valence-corrected chi connectivity index (χ0v) is 16.6. The Morgan fingerprint density at radius 1 is 0.679 bits per heavy atom. The summed E-state index contributed by atoms with van der Waals surface area (Å²) < 4.78 is 0.